The summed E-state index contributed by atoms with van der Waals surface area (Å²) in [6, 6.07) is 8.35. The lowest BCUT2D eigenvalue weighted by molar-refractivity contribution is 0.0654. The molecule has 0 atom stereocenters. The largest absolute Gasteiger partial charge is 0.335 e. The van der Waals surface area contributed by atoms with Crippen LogP contribution in [0.1, 0.15) is 49.9 Å². The first-order valence-corrected chi connectivity index (χ1v) is 8.23. The van der Waals surface area contributed by atoms with Crippen molar-refractivity contribution in [1.29, 1.82) is 0 Å². The van der Waals surface area contributed by atoms with E-state index in [4.69, 9.17) is 0 Å². The predicted molar refractivity (Wildman–Crippen MR) is 87.3 cm³/mol. The summed E-state index contributed by atoms with van der Waals surface area (Å²) in [5.41, 5.74) is 0.857. The quantitative estimate of drug-likeness (QED) is 0.722. The molecule has 3 heteroatoms. The maximum atomic E-state index is 12.8. The van der Waals surface area contributed by atoms with Crippen molar-refractivity contribution in [2.24, 2.45) is 5.92 Å². The van der Waals surface area contributed by atoms with Crippen LogP contribution in [0.2, 0.25) is 0 Å². The molecule has 2 rings (SSSR count). The van der Waals surface area contributed by atoms with Crippen molar-refractivity contribution in [3.63, 3.8) is 0 Å². The van der Waals surface area contributed by atoms with Gasteiger partial charge in [-0.2, -0.15) is 0 Å². The van der Waals surface area contributed by atoms with Crippen LogP contribution in [0.25, 0.3) is 0 Å². The molecule has 0 N–H and O–H groups in total. The maximum absolute atomic E-state index is 12.8. The van der Waals surface area contributed by atoms with E-state index in [1.165, 1.54) is 25.7 Å². The van der Waals surface area contributed by atoms with E-state index in [0.29, 0.717) is 12.0 Å². The van der Waals surface area contributed by atoms with Crippen molar-refractivity contribution in [3.8, 4) is 0 Å². The molecule has 0 radical (unpaired) electrons. The molecule has 0 unspecified atom stereocenters. The Bertz CT molecular complexity index is 438. The fourth-order valence-corrected chi connectivity index (χ4v) is 3.41. The first kappa shape index (κ1) is 14.8. The number of carbonyl (C=O) groups excluding carboxylic acids is 1. The van der Waals surface area contributed by atoms with Crippen molar-refractivity contribution >= 4 is 28.5 Å². The zero-order valence-electron chi connectivity index (χ0n) is 11.7. The Morgan fingerprint density at radius 1 is 1.32 bits per heavy atom. The van der Waals surface area contributed by atoms with Crippen molar-refractivity contribution in [1.82, 2.24) is 4.90 Å². The summed E-state index contributed by atoms with van der Waals surface area (Å²) in [5.74, 6) is 0.733. The van der Waals surface area contributed by atoms with Gasteiger partial charge in [-0.05, 0) is 53.5 Å². The summed E-state index contributed by atoms with van der Waals surface area (Å²) in [5, 5.41) is 0. The summed E-state index contributed by atoms with van der Waals surface area (Å²) < 4.78 is 1.05. The molecule has 0 aliphatic heterocycles. The van der Waals surface area contributed by atoms with Crippen LogP contribution in [-0.4, -0.2) is 23.4 Å². The molecule has 1 aromatic carbocycles. The number of hydrogen-bond acceptors (Lipinski definition) is 1. The van der Waals surface area contributed by atoms with Crippen LogP contribution < -0.4 is 0 Å². The maximum Gasteiger partial charge on any atom is 0.255 e. The summed E-state index contributed by atoms with van der Waals surface area (Å²) >= 11 is 2.26. The molecule has 1 aliphatic carbocycles. The molecule has 0 spiro atoms. The number of rotatable bonds is 4. The van der Waals surface area contributed by atoms with Gasteiger partial charge in [0.2, 0.25) is 0 Å². The zero-order valence-corrected chi connectivity index (χ0v) is 13.9. The smallest absolute Gasteiger partial charge is 0.255 e. The Balaban J connectivity index is 2.22. The van der Waals surface area contributed by atoms with Crippen LogP contribution >= 0.6 is 22.6 Å². The van der Waals surface area contributed by atoms with Gasteiger partial charge in [0.15, 0.2) is 0 Å². The highest BCUT2D eigenvalue weighted by Gasteiger charge is 2.28. The molecule has 0 bridgehead atoms. The molecule has 0 saturated heterocycles. The second-order valence-corrected chi connectivity index (χ2v) is 6.93. The van der Waals surface area contributed by atoms with Crippen molar-refractivity contribution in [2.45, 2.75) is 45.6 Å². The first-order chi connectivity index (χ1) is 9.09. The molecule has 1 fully saturated rings. The van der Waals surface area contributed by atoms with E-state index in [1.54, 1.807) is 0 Å². The van der Waals surface area contributed by atoms with Crippen LogP contribution in [-0.2, 0) is 0 Å². The van der Waals surface area contributed by atoms with Gasteiger partial charge in [-0.25, -0.2) is 0 Å². The summed E-state index contributed by atoms with van der Waals surface area (Å²) in [6.07, 6.45) is 4.86. The Hall–Kier alpha value is -0.580. The molecule has 0 heterocycles. The highest BCUT2D eigenvalue weighted by atomic mass is 127. The second-order valence-electron chi connectivity index (χ2n) is 5.77. The van der Waals surface area contributed by atoms with E-state index in [0.717, 1.165) is 15.7 Å². The Morgan fingerprint density at radius 2 is 1.95 bits per heavy atom. The summed E-state index contributed by atoms with van der Waals surface area (Å²) in [7, 11) is 0. The number of benzene rings is 1. The third kappa shape index (κ3) is 3.71. The lowest BCUT2D eigenvalue weighted by Gasteiger charge is -2.31. The standard InChI is InChI=1S/C16H22INO/c1-12(2)11-18(13-7-3-4-8-13)16(19)14-9-5-6-10-15(14)17/h5-6,9-10,12-13H,3-4,7-8,11H2,1-2H3. The lowest BCUT2D eigenvalue weighted by atomic mass is 10.1. The highest BCUT2D eigenvalue weighted by Crippen LogP contribution is 2.26. The minimum atomic E-state index is 0.214. The number of carbonyl (C=O) groups is 1. The van der Waals surface area contributed by atoms with Gasteiger partial charge in [-0.3, -0.25) is 4.79 Å². The van der Waals surface area contributed by atoms with E-state index < -0.39 is 0 Å². The molecule has 1 amide bonds. The fourth-order valence-electron chi connectivity index (χ4n) is 2.80. The third-order valence-corrected chi connectivity index (χ3v) is 4.63. The first-order valence-electron chi connectivity index (χ1n) is 7.15. The van der Waals surface area contributed by atoms with Gasteiger partial charge in [-0.1, -0.05) is 38.8 Å². The van der Waals surface area contributed by atoms with Crippen molar-refractivity contribution < 1.29 is 4.79 Å². The predicted octanol–water partition coefficient (Wildman–Crippen LogP) is 4.33. The fraction of sp³-hybridized carbons (Fsp3) is 0.562. The zero-order chi connectivity index (χ0) is 13.8. The molecular formula is C16H22INO. The van der Waals surface area contributed by atoms with Gasteiger partial charge < -0.3 is 4.90 Å². The van der Waals surface area contributed by atoms with Crippen molar-refractivity contribution in [3.05, 3.63) is 33.4 Å². The number of hydrogen-bond donors (Lipinski definition) is 0. The Labute approximate surface area is 129 Å². The monoisotopic (exact) mass is 371 g/mol. The number of halogens is 1. The number of nitrogens with zero attached hydrogens (tertiary/aromatic N) is 1. The molecule has 2 nitrogen and oxygen atoms in total. The summed E-state index contributed by atoms with van der Waals surface area (Å²) in [6.45, 7) is 5.24. The molecule has 1 saturated carbocycles. The average molecular weight is 371 g/mol. The molecule has 1 aromatic rings. The van der Waals surface area contributed by atoms with Crippen LogP contribution in [0, 0.1) is 9.49 Å². The highest BCUT2D eigenvalue weighted by molar-refractivity contribution is 14.1. The van der Waals surface area contributed by atoms with Gasteiger partial charge >= 0.3 is 0 Å². The Kier molecular flexibility index (Phi) is 5.25. The van der Waals surface area contributed by atoms with Gasteiger partial charge in [-0.15, -0.1) is 0 Å². The van der Waals surface area contributed by atoms with Crippen LogP contribution in [0.15, 0.2) is 24.3 Å². The van der Waals surface area contributed by atoms with Gasteiger partial charge in [0, 0.05) is 16.2 Å². The van der Waals surface area contributed by atoms with Crippen LogP contribution in [0.4, 0.5) is 0 Å². The Morgan fingerprint density at radius 3 is 2.53 bits per heavy atom. The van der Waals surface area contributed by atoms with Gasteiger partial charge in [0.1, 0.15) is 0 Å². The van der Waals surface area contributed by atoms with Gasteiger partial charge in [0.05, 0.1) is 5.56 Å². The molecular weight excluding hydrogens is 349 g/mol. The third-order valence-electron chi connectivity index (χ3n) is 3.69. The van der Waals surface area contributed by atoms with Crippen LogP contribution in [0.3, 0.4) is 0 Å². The SMILES string of the molecule is CC(C)CN(C(=O)c1ccccc1I)C1CCCC1. The van der Waals surface area contributed by atoms with E-state index >= 15 is 0 Å². The van der Waals surface area contributed by atoms with E-state index in [1.807, 2.05) is 24.3 Å². The van der Waals surface area contributed by atoms with Crippen LogP contribution in [0.5, 0.6) is 0 Å². The minimum Gasteiger partial charge on any atom is -0.335 e. The topological polar surface area (TPSA) is 20.3 Å². The molecule has 0 aromatic heterocycles. The minimum absolute atomic E-state index is 0.214. The van der Waals surface area contributed by atoms with Gasteiger partial charge in [0.25, 0.3) is 5.91 Å². The lowest BCUT2D eigenvalue weighted by Crippen LogP contribution is -2.41. The molecule has 19 heavy (non-hydrogen) atoms. The molecule has 1 aliphatic rings. The van der Waals surface area contributed by atoms with E-state index in [9.17, 15) is 4.79 Å². The summed E-state index contributed by atoms with van der Waals surface area (Å²) in [4.78, 5) is 14.9. The van der Waals surface area contributed by atoms with Crippen molar-refractivity contribution in [2.75, 3.05) is 6.54 Å². The normalized spacial score (nSPS) is 16.0. The second kappa shape index (κ2) is 6.73. The van der Waals surface area contributed by atoms with E-state index in [2.05, 4.69) is 41.3 Å². The average Bonchev–Trinajstić information content (AvgIpc) is 2.89. The number of amides is 1. The van der Waals surface area contributed by atoms with E-state index in [-0.39, 0.29) is 5.91 Å². The molecule has 104 valence electrons.